The van der Waals surface area contributed by atoms with Gasteiger partial charge in [0.25, 0.3) is 0 Å². The quantitative estimate of drug-likeness (QED) is 0.230. The van der Waals surface area contributed by atoms with Crippen LogP contribution in [-0.2, 0) is 29.6 Å². The lowest BCUT2D eigenvalue weighted by atomic mass is 9.84. The molecule has 2 fully saturated rings. The van der Waals surface area contributed by atoms with Crippen LogP contribution in [0, 0.1) is 23.5 Å². The van der Waals surface area contributed by atoms with Gasteiger partial charge in [0, 0.05) is 44.6 Å². The summed E-state index contributed by atoms with van der Waals surface area (Å²) in [5, 5.41) is 7.84. The summed E-state index contributed by atoms with van der Waals surface area (Å²) in [5.74, 6) is -0.995. The molecule has 4 aromatic rings. The summed E-state index contributed by atoms with van der Waals surface area (Å²) in [6.07, 6.45) is 6.16. The molecular formula is C31H37F2N7O5S. The van der Waals surface area contributed by atoms with E-state index in [9.17, 15) is 8.42 Å². The number of ether oxygens (including phenoxy) is 3. The number of benzene rings is 1. The Morgan fingerprint density at radius 3 is 2.57 bits per heavy atom. The Hall–Kier alpha value is -3.76. The number of nitrogens with two attached hydrogens (primary N) is 1. The van der Waals surface area contributed by atoms with Crippen LogP contribution in [0.2, 0.25) is 0 Å². The lowest BCUT2D eigenvalue weighted by Crippen LogP contribution is -2.54. The van der Waals surface area contributed by atoms with Gasteiger partial charge in [-0.25, -0.2) is 22.2 Å². The van der Waals surface area contributed by atoms with Crippen LogP contribution >= 0.6 is 0 Å². The number of fused-ring (bicyclic) bond motifs is 1. The molecule has 0 bridgehead atoms. The van der Waals surface area contributed by atoms with Crippen molar-refractivity contribution < 1.29 is 31.4 Å². The standard InChI is InChI=1S/C31H37F2N7O5S/c1-19-14-39(15-25(34)22(19)16-44-8-9-46(3,41)42)28-6-7-35-13-27(28)37-30-36-12-21-4-5-26(38-40(21)30)29-23(32)10-20(11-24(29)33)31(43-2)17-45-18-31/h4-7,10-13,19,22,25H,8-9,14-18,34H2,1-3H3,(H,36,37)/t19-,22-,25+/m0/s1. The van der Waals surface area contributed by atoms with Gasteiger partial charge in [0.15, 0.2) is 0 Å². The van der Waals surface area contributed by atoms with Gasteiger partial charge >= 0.3 is 0 Å². The fourth-order valence-electron chi connectivity index (χ4n) is 6.04. The van der Waals surface area contributed by atoms with Gasteiger partial charge in [-0.05, 0) is 41.8 Å². The molecule has 0 spiro atoms. The minimum absolute atomic E-state index is 0.0265. The summed E-state index contributed by atoms with van der Waals surface area (Å²) in [6, 6.07) is 7.44. The maximum Gasteiger partial charge on any atom is 0.229 e. The number of sulfone groups is 1. The Morgan fingerprint density at radius 2 is 1.91 bits per heavy atom. The van der Waals surface area contributed by atoms with Crippen molar-refractivity contribution in [3.05, 3.63) is 66.1 Å². The van der Waals surface area contributed by atoms with Gasteiger partial charge in [-0.3, -0.25) is 4.98 Å². The molecule has 3 N–H and O–H groups in total. The Morgan fingerprint density at radius 1 is 1.15 bits per heavy atom. The van der Waals surface area contributed by atoms with Crippen molar-refractivity contribution in [3.63, 3.8) is 0 Å². The average Bonchev–Trinajstić information content (AvgIpc) is 3.37. The number of nitrogens with one attached hydrogen (secondary N) is 1. The topological polar surface area (TPSA) is 146 Å². The van der Waals surface area contributed by atoms with E-state index in [1.165, 1.54) is 30.0 Å². The van der Waals surface area contributed by atoms with Gasteiger partial charge in [0.05, 0.1) is 72.7 Å². The molecule has 246 valence electrons. The van der Waals surface area contributed by atoms with Crippen molar-refractivity contribution in [2.45, 2.75) is 18.6 Å². The van der Waals surface area contributed by atoms with E-state index >= 15 is 8.78 Å². The van der Waals surface area contributed by atoms with E-state index in [4.69, 9.17) is 19.9 Å². The molecule has 5 heterocycles. The van der Waals surface area contributed by atoms with Gasteiger partial charge < -0.3 is 30.2 Å². The highest BCUT2D eigenvalue weighted by Crippen LogP contribution is 2.37. The molecule has 0 radical (unpaired) electrons. The van der Waals surface area contributed by atoms with Crippen LogP contribution in [0.15, 0.2) is 48.9 Å². The lowest BCUT2D eigenvalue weighted by molar-refractivity contribution is -0.202. The van der Waals surface area contributed by atoms with Gasteiger partial charge in [-0.1, -0.05) is 6.92 Å². The third-order valence-corrected chi connectivity index (χ3v) is 9.69. The van der Waals surface area contributed by atoms with E-state index in [0.29, 0.717) is 42.4 Å². The van der Waals surface area contributed by atoms with E-state index in [1.54, 1.807) is 30.7 Å². The van der Waals surface area contributed by atoms with Gasteiger partial charge in [-0.2, -0.15) is 9.61 Å². The zero-order valence-corrected chi connectivity index (χ0v) is 26.6. The summed E-state index contributed by atoms with van der Waals surface area (Å²) in [4.78, 5) is 10.9. The van der Waals surface area contributed by atoms with Crippen molar-refractivity contribution in [2.75, 3.05) is 68.9 Å². The molecule has 2 saturated heterocycles. The van der Waals surface area contributed by atoms with Crippen LogP contribution in [0.4, 0.5) is 26.1 Å². The average molecular weight is 658 g/mol. The van der Waals surface area contributed by atoms with E-state index in [1.807, 2.05) is 6.07 Å². The molecule has 0 amide bonds. The number of piperidine rings is 1. The van der Waals surface area contributed by atoms with Crippen LogP contribution in [0.25, 0.3) is 16.8 Å². The second-order valence-electron chi connectivity index (χ2n) is 12.1. The first-order valence-corrected chi connectivity index (χ1v) is 17.0. The summed E-state index contributed by atoms with van der Waals surface area (Å²) in [6.45, 7) is 4.28. The highest BCUT2D eigenvalue weighted by molar-refractivity contribution is 7.90. The van der Waals surface area contributed by atoms with Gasteiger partial charge in [0.2, 0.25) is 5.95 Å². The van der Waals surface area contributed by atoms with Crippen molar-refractivity contribution >= 4 is 32.7 Å². The monoisotopic (exact) mass is 657 g/mol. The molecule has 3 atom stereocenters. The molecule has 12 nitrogen and oxygen atoms in total. The maximum absolute atomic E-state index is 15.4. The Labute approximate surface area is 265 Å². The Balaban J connectivity index is 1.22. The number of hydrogen-bond donors (Lipinski definition) is 2. The van der Waals surface area contributed by atoms with Crippen molar-refractivity contribution in [3.8, 4) is 11.3 Å². The number of aromatic nitrogens is 4. The fraction of sp³-hybridized carbons (Fsp3) is 0.452. The molecule has 0 unspecified atom stereocenters. The molecule has 2 aliphatic rings. The highest BCUT2D eigenvalue weighted by Gasteiger charge is 2.42. The number of halogens is 2. The number of hydrogen-bond acceptors (Lipinski definition) is 11. The number of imidazole rings is 1. The maximum atomic E-state index is 15.4. The largest absolute Gasteiger partial charge is 0.380 e. The molecule has 0 aliphatic carbocycles. The van der Waals surface area contributed by atoms with E-state index in [2.05, 4.69) is 32.2 Å². The van der Waals surface area contributed by atoms with Crippen LogP contribution in [0.5, 0.6) is 0 Å². The third kappa shape index (κ3) is 6.42. The Kier molecular flexibility index (Phi) is 8.95. The minimum atomic E-state index is -3.10. The molecule has 46 heavy (non-hydrogen) atoms. The second-order valence-corrected chi connectivity index (χ2v) is 14.3. The summed E-state index contributed by atoms with van der Waals surface area (Å²) < 4.78 is 71.6. The van der Waals surface area contributed by atoms with E-state index in [-0.39, 0.29) is 54.7 Å². The molecule has 2 aliphatic heterocycles. The first-order chi connectivity index (χ1) is 22.0. The van der Waals surface area contributed by atoms with Crippen molar-refractivity contribution in [2.24, 2.45) is 17.6 Å². The number of rotatable bonds is 11. The van der Waals surface area contributed by atoms with Gasteiger partial charge in [-0.15, -0.1) is 0 Å². The molecule has 0 saturated carbocycles. The first kappa shape index (κ1) is 32.2. The SMILES string of the molecule is COC1(c2cc(F)c(-c3ccc4cnc(Nc5cnccc5N5C[C@@H](N)[C@@H](COCCS(C)(=O)=O)[C@@H](C)C5)n4n3)c(F)c2)COC1. The second kappa shape index (κ2) is 12.8. The van der Waals surface area contributed by atoms with E-state index < -0.39 is 27.1 Å². The molecule has 6 rings (SSSR count). The van der Waals surface area contributed by atoms with Crippen LogP contribution in [0.3, 0.4) is 0 Å². The van der Waals surface area contributed by atoms with Crippen LogP contribution in [0.1, 0.15) is 12.5 Å². The molecular weight excluding hydrogens is 620 g/mol. The van der Waals surface area contributed by atoms with Crippen LogP contribution < -0.4 is 16.0 Å². The lowest BCUT2D eigenvalue weighted by Gasteiger charge is -2.42. The predicted molar refractivity (Wildman–Crippen MR) is 169 cm³/mol. The fourth-order valence-corrected chi connectivity index (χ4v) is 6.46. The normalized spacial score (nSPS) is 21.3. The molecule has 1 aromatic carbocycles. The summed E-state index contributed by atoms with van der Waals surface area (Å²) in [5.41, 5.74) is 8.05. The number of nitrogens with zero attached hydrogens (tertiary/aromatic N) is 5. The number of pyridine rings is 1. The number of anilines is 3. The molecule has 3 aromatic heterocycles. The zero-order chi connectivity index (χ0) is 32.6. The van der Waals surface area contributed by atoms with Crippen molar-refractivity contribution in [1.82, 2.24) is 19.6 Å². The minimum Gasteiger partial charge on any atom is -0.380 e. The molecule has 15 heteroatoms. The van der Waals surface area contributed by atoms with Crippen molar-refractivity contribution in [1.29, 1.82) is 0 Å². The Bertz CT molecular complexity index is 1790. The highest BCUT2D eigenvalue weighted by atomic mass is 32.2. The van der Waals surface area contributed by atoms with Crippen LogP contribution in [-0.4, -0.2) is 92.7 Å². The predicted octanol–water partition coefficient (Wildman–Crippen LogP) is 3.15. The summed E-state index contributed by atoms with van der Waals surface area (Å²) >= 11 is 0. The van der Waals surface area contributed by atoms with Gasteiger partial charge in [0.1, 0.15) is 27.1 Å². The first-order valence-electron chi connectivity index (χ1n) is 14.9. The van der Waals surface area contributed by atoms with E-state index in [0.717, 1.165) is 5.69 Å². The smallest absolute Gasteiger partial charge is 0.229 e. The summed E-state index contributed by atoms with van der Waals surface area (Å²) in [7, 11) is -1.61. The zero-order valence-electron chi connectivity index (χ0n) is 25.8. The number of methoxy groups -OCH3 is 1. The third-order valence-electron chi connectivity index (χ3n) is 8.78.